The molecule has 4 nitrogen and oxygen atoms in total. The minimum Gasteiger partial charge on any atom is -0.370 e. The normalized spacial score (nSPS) is 17.0. The van der Waals surface area contributed by atoms with Crippen molar-refractivity contribution in [3.05, 3.63) is 77.9 Å². The van der Waals surface area contributed by atoms with Gasteiger partial charge in [0, 0.05) is 52.3 Å². The van der Waals surface area contributed by atoms with E-state index >= 15 is 0 Å². The first-order chi connectivity index (χ1) is 13.2. The summed E-state index contributed by atoms with van der Waals surface area (Å²) in [4.78, 5) is 14.8. The third-order valence-electron chi connectivity index (χ3n) is 4.90. The van der Waals surface area contributed by atoms with Gasteiger partial charge in [0.1, 0.15) is 0 Å². The van der Waals surface area contributed by atoms with E-state index in [4.69, 9.17) is 0 Å². The van der Waals surface area contributed by atoms with Gasteiger partial charge in [-0.25, -0.2) is 0 Å². The Morgan fingerprint density at radius 2 is 1.81 bits per heavy atom. The molecule has 0 atom stereocenters. The Morgan fingerprint density at radius 1 is 1.04 bits per heavy atom. The van der Waals surface area contributed by atoms with Crippen LogP contribution in [0.25, 0.3) is 5.57 Å². The summed E-state index contributed by atoms with van der Waals surface area (Å²) >= 11 is 0. The van der Waals surface area contributed by atoms with Crippen LogP contribution in [0.15, 0.2) is 66.8 Å². The van der Waals surface area contributed by atoms with E-state index in [2.05, 4.69) is 28.4 Å². The number of carbonyl (C=O) groups is 1. The van der Waals surface area contributed by atoms with Crippen LogP contribution in [-0.4, -0.2) is 34.7 Å². The van der Waals surface area contributed by atoms with E-state index in [1.54, 1.807) is 0 Å². The average Bonchev–Trinajstić information content (AvgIpc) is 3.24. The van der Waals surface area contributed by atoms with E-state index in [0.717, 1.165) is 53.5 Å². The van der Waals surface area contributed by atoms with E-state index in [1.807, 2.05) is 48.5 Å². The summed E-state index contributed by atoms with van der Waals surface area (Å²) in [6.45, 7) is 1.63. The number of hydrogen-bond acceptors (Lipinski definition) is 3. The summed E-state index contributed by atoms with van der Waals surface area (Å²) in [7, 11) is -0.678. The van der Waals surface area contributed by atoms with Crippen LogP contribution >= 0.6 is 0 Å². The van der Waals surface area contributed by atoms with Crippen LogP contribution in [0, 0.1) is 0 Å². The van der Waals surface area contributed by atoms with Crippen molar-refractivity contribution in [2.24, 2.45) is 0 Å². The number of rotatable bonds is 4. The largest absolute Gasteiger partial charge is 0.370 e. The van der Waals surface area contributed by atoms with Crippen LogP contribution in [0.1, 0.15) is 22.3 Å². The first-order valence-electron chi connectivity index (χ1n) is 9.17. The fraction of sp³-hybridized carbons (Fsp3) is 0.227. The molecular weight excluding hydrogens is 356 g/mol. The van der Waals surface area contributed by atoms with Crippen molar-refractivity contribution in [1.29, 1.82) is 0 Å². The second kappa shape index (κ2) is 7.92. The lowest BCUT2D eigenvalue weighted by Crippen LogP contribution is -2.37. The summed E-state index contributed by atoms with van der Waals surface area (Å²) < 4.78 is 11.5. The fourth-order valence-electron chi connectivity index (χ4n) is 3.37. The van der Waals surface area contributed by atoms with Crippen LogP contribution in [-0.2, 0) is 10.8 Å². The number of carbonyl (C=O) groups excluding carboxylic acids is 1. The minimum atomic E-state index is -0.678. The van der Waals surface area contributed by atoms with Crippen LogP contribution in [0.4, 0.5) is 11.4 Å². The van der Waals surface area contributed by atoms with Gasteiger partial charge in [0.2, 0.25) is 0 Å². The van der Waals surface area contributed by atoms with Gasteiger partial charge in [0.15, 0.2) is 0 Å². The molecule has 1 amide bonds. The van der Waals surface area contributed by atoms with E-state index in [-0.39, 0.29) is 5.91 Å². The van der Waals surface area contributed by atoms with E-state index < -0.39 is 10.8 Å². The first kappa shape index (κ1) is 17.7. The van der Waals surface area contributed by atoms with Crippen molar-refractivity contribution in [1.82, 2.24) is 0 Å². The van der Waals surface area contributed by atoms with E-state index in [0.29, 0.717) is 5.56 Å². The van der Waals surface area contributed by atoms with Gasteiger partial charge in [-0.1, -0.05) is 30.4 Å². The first-order valence-corrected chi connectivity index (χ1v) is 10.7. The Kier molecular flexibility index (Phi) is 5.21. The van der Waals surface area contributed by atoms with Gasteiger partial charge in [-0.15, -0.1) is 0 Å². The Bertz CT molecular complexity index is 922. The van der Waals surface area contributed by atoms with Crippen molar-refractivity contribution >= 4 is 33.7 Å². The van der Waals surface area contributed by atoms with Gasteiger partial charge in [-0.05, 0) is 54.0 Å². The molecule has 0 aromatic heterocycles. The molecule has 0 unspecified atom stereocenters. The predicted molar refractivity (Wildman–Crippen MR) is 113 cm³/mol. The molecule has 0 saturated carbocycles. The van der Waals surface area contributed by atoms with Gasteiger partial charge in [0.05, 0.1) is 0 Å². The molecule has 1 N–H and O–H groups in total. The monoisotopic (exact) mass is 378 g/mol. The molecule has 4 rings (SSSR count). The molecule has 0 spiro atoms. The summed E-state index contributed by atoms with van der Waals surface area (Å²) in [5.74, 6) is 1.33. The highest BCUT2D eigenvalue weighted by atomic mass is 32.2. The quantitative estimate of drug-likeness (QED) is 0.879. The highest BCUT2D eigenvalue weighted by Gasteiger charge is 2.15. The molecule has 27 heavy (non-hydrogen) atoms. The molecule has 138 valence electrons. The molecule has 0 bridgehead atoms. The second-order valence-electron chi connectivity index (χ2n) is 6.71. The molecule has 1 aliphatic heterocycles. The van der Waals surface area contributed by atoms with Gasteiger partial charge in [0.25, 0.3) is 5.91 Å². The number of allylic oxidation sites excluding steroid dienone is 4. The van der Waals surface area contributed by atoms with Crippen molar-refractivity contribution < 1.29 is 9.00 Å². The number of anilines is 2. The van der Waals surface area contributed by atoms with Crippen LogP contribution in [0.5, 0.6) is 0 Å². The topological polar surface area (TPSA) is 49.4 Å². The molecule has 0 radical (unpaired) electrons. The highest BCUT2D eigenvalue weighted by molar-refractivity contribution is 7.85. The lowest BCUT2D eigenvalue weighted by Gasteiger charge is -2.28. The van der Waals surface area contributed by atoms with Crippen molar-refractivity contribution in [3.8, 4) is 0 Å². The SMILES string of the molecule is O=C(Nc1ccc(N2CCS(=O)CC2)cc1)c1cccc(C2=CCC=C2)c1. The smallest absolute Gasteiger partial charge is 0.255 e. The summed E-state index contributed by atoms with van der Waals surface area (Å²) in [5, 5.41) is 2.97. The molecule has 2 aromatic carbocycles. The lowest BCUT2D eigenvalue weighted by molar-refractivity contribution is 0.102. The average molecular weight is 378 g/mol. The molecule has 1 aliphatic carbocycles. The molecule has 1 heterocycles. The minimum absolute atomic E-state index is 0.111. The van der Waals surface area contributed by atoms with Crippen LogP contribution in [0.2, 0.25) is 0 Å². The zero-order chi connectivity index (χ0) is 18.6. The Morgan fingerprint density at radius 3 is 2.52 bits per heavy atom. The number of nitrogens with zero attached hydrogens (tertiary/aromatic N) is 1. The van der Waals surface area contributed by atoms with E-state index in [1.165, 1.54) is 0 Å². The van der Waals surface area contributed by atoms with Gasteiger partial charge in [-0.3, -0.25) is 9.00 Å². The van der Waals surface area contributed by atoms with Crippen molar-refractivity contribution in [3.63, 3.8) is 0 Å². The predicted octanol–water partition coefficient (Wildman–Crippen LogP) is 3.85. The zero-order valence-electron chi connectivity index (χ0n) is 15.1. The molecule has 5 heteroatoms. The maximum atomic E-state index is 12.6. The fourth-order valence-corrected chi connectivity index (χ4v) is 4.42. The molecule has 2 aliphatic rings. The van der Waals surface area contributed by atoms with Crippen molar-refractivity contribution in [2.75, 3.05) is 34.8 Å². The van der Waals surface area contributed by atoms with Crippen LogP contribution in [0.3, 0.4) is 0 Å². The number of hydrogen-bond donors (Lipinski definition) is 1. The van der Waals surface area contributed by atoms with Gasteiger partial charge in [-0.2, -0.15) is 0 Å². The number of benzene rings is 2. The van der Waals surface area contributed by atoms with Crippen molar-refractivity contribution in [2.45, 2.75) is 6.42 Å². The number of amides is 1. The Balaban J connectivity index is 1.43. The highest BCUT2D eigenvalue weighted by Crippen LogP contribution is 2.23. The zero-order valence-corrected chi connectivity index (χ0v) is 15.9. The molecule has 1 fully saturated rings. The van der Waals surface area contributed by atoms with Gasteiger partial charge >= 0.3 is 0 Å². The Hall–Kier alpha value is -2.66. The maximum absolute atomic E-state index is 12.6. The standard InChI is InChI=1S/C22H22N2O2S/c25-22(19-7-3-6-18(16-19)17-4-1-2-5-17)23-20-8-10-21(11-9-20)24-12-14-27(26)15-13-24/h1,3-11,16H,2,12-15H2,(H,23,25). The molecule has 1 saturated heterocycles. The van der Waals surface area contributed by atoms with Gasteiger partial charge < -0.3 is 10.2 Å². The maximum Gasteiger partial charge on any atom is 0.255 e. The summed E-state index contributed by atoms with van der Waals surface area (Å²) in [6, 6.07) is 15.6. The van der Waals surface area contributed by atoms with Crippen LogP contribution < -0.4 is 10.2 Å². The lowest BCUT2D eigenvalue weighted by atomic mass is 10.0. The second-order valence-corrected chi connectivity index (χ2v) is 8.41. The summed E-state index contributed by atoms with van der Waals surface area (Å²) in [6.07, 6.45) is 7.31. The molecular formula is C22H22N2O2S. The third kappa shape index (κ3) is 4.19. The molecule has 2 aromatic rings. The Labute approximate surface area is 162 Å². The van der Waals surface area contributed by atoms with E-state index in [9.17, 15) is 9.00 Å². The third-order valence-corrected chi connectivity index (χ3v) is 6.17. The number of nitrogens with one attached hydrogen (secondary N) is 1. The summed E-state index contributed by atoms with van der Waals surface area (Å²) in [5.41, 5.74) is 4.75.